The van der Waals surface area contributed by atoms with Crippen molar-refractivity contribution in [1.82, 2.24) is 4.90 Å². The van der Waals surface area contributed by atoms with Crippen molar-refractivity contribution in [3.8, 4) is 0 Å². The summed E-state index contributed by atoms with van der Waals surface area (Å²) in [5.41, 5.74) is 0.637. The largest absolute Gasteiger partial charge is 0.303 e. The average Bonchev–Trinajstić information content (AvgIpc) is 2.29. The highest BCUT2D eigenvalue weighted by Gasteiger charge is 2.27. The topological polar surface area (TPSA) is 3.24 Å². The Morgan fingerprint density at radius 1 is 1.25 bits per heavy atom. The minimum atomic E-state index is 0.637. The zero-order valence-electron chi connectivity index (χ0n) is 11.3. The van der Waals surface area contributed by atoms with Crippen LogP contribution in [0.15, 0.2) is 0 Å². The Kier molecular flexibility index (Phi) is 6.35. The van der Waals surface area contributed by atoms with Crippen LogP contribution in [0.3, 0.4) is 0 Å². The number of rotatable bonds is 6. The standard InChI is InChI=1S/C14H28BrN/c1-4-14(3)7-11-16(12-8-14)10-6-13(2)5-9-15/h13H,4-12H2,1-3H3. The fraction of sp³-hybridized carbons (Fsp3) is 1.00. The maximum atomic E-state index is 3.53. The van der Waals surface area contributed by atoms with Gasteiger partial charge in [-0.2, -0.15) is 0 Å². The van der Waals surface area contributed by atoms with Crippen molar-refractivity contribution >= 4 is 15.9 Å². The predicted molar refractivity (Wildman–Crippen MR) is 76.3 cm³/mol. The molecule has 1 aliphatic rings. The Labute approximate surface area is 110 Å². The summed E-state index contributed by atoms with van der Waals surface area (Å²) in [5.74, 6) is 0.874. The van der Waals surface area contributed by atoms with E-state index in [1.54, 1.807) is 0 Å². The Morgan fingerprint density at radius 2 is 1.88 bits per heavy atom. The molecule has 0 N–H and O–H groups in total. The lowest BCUT2D eigenvalue weighted by Crippen LogP contribution is -2.39. The minimum Gasteiger partial charge on any atom is -0.303 e. The van der Waals surface area contributed by atoms with Crippen LogP contribution < -0.4 is 0 Å². The van der Waals surface area contributed by atoms with Gasteiger partial charge < -0.3 is 4.90 Å². The normalized spacial score (nSPS) is 23.2. The Morgan fingerprint density at radius 3 is 2.38 bits per heavy atom. The molecule has 1 aliphatic heterocycles. The first-order valence-corrected chi connectivity index (χ1v) is 8.00. The molecule has 1 fully saturated rings. The van der Waals surface area contributed by atoms with E-state index in [1.165, 1.54) is 51.7 Å². The van der Waals surface area contributed by atoms with Gasteiger partial charge in [0.05, 0.1) is 0 Å². The lowest BCUT2D eigenvalue weighted by molar-refractivity contribution is 0.110. The monoisotopic (exact) mass is 289 g/mol. The molecule has 0 bridgehead atoms. The predicted octanol–water partition coefficient (Wildman–Crippen LogP) is 4.31. The highest BCUT2D eigenvalue weighted by molar-refractivity contribution is 9.09. The highest BCUT2D eigenvalue weighted by atomic mass is 79.9. The lowest BCUT2D eigenvalue weighted by Gasteiger charge is -2.39. The molecule has 0 saturated carbocycles. The fourth-order valence-electron chi connectivity index (χ4n) is 2.40. The number of alkyl halides is 1. The van der Waals surface area contributed by atoms with Crippen LogP contribution in [0.1, 0.15) is 52.9 Å². The first kappa shape index (κ1) is 14.5. The number of hydrogen-bond acceptors (Lipinski definition) is 1. The van der Waals surface area contributed by atoms with Gasteiger partial charge in [0.1, 0.15) is 0 Å². The van der Waals surface area contributed by atoms with E-state index in [9.17, 15) is 0 Å². The highest BCUT2D eigenvalue weighted by Crippen LogP contribution is 2.33. The third-order valence-corrected chi connectivity index (χ3v) is 4.91. The van der Waals surface area contributed by atoms with E-state index in [0.29, 0.717) is 5.41 Å². The molecule has 16 heavy (non-hydrogen) atoms. The van der Waals surface area contributed by atoms with E-state index in [-0.39, 0.29) is 0 Å². The molecule has 1 saturated heterocycles. The molecule has 0 spiro atoms. The van der Waals surface area contributed by atoms with Gasteiger partial charge in [0.25, 0.3) is 0 Å². The molecule has 0 aromatic carbocycles. The van der Waals surface area contributed by atoms with Gasteiger partial charge in [-0.25, -0.2) is 0 Å². The molecule has 0 radical (unpaired) electrons. The number of nitrogens with zero attached hydrogens (tertiary/aromatic N) is 1. The molecule has 0 amide bonds. The van der Waals surface area contributed by atoms with E-state index < -0.39 is 0 Å². The molecule has 1 heterocycles. The second kappa shape index (κ2) is 7.00. The van der Waals surface area contributed by atoms with Crippen LogP contribution in [0.25, 0.3) is 0 Å². The zero-order valence-corrected chi connectivity index (χ0v) is 12.9. The summed E-state index contributed by atoms with van der Waals surface area (Å²) in [6, 6.07) is 0. The molecule has 0 aliphatic carbocycles. The van der Waals surface area contributed by atoms with Gasteiger partial charge in [-0.15, -0.1) is 0 Å². The summed E-state index contributed by atoms with van der Waals surface area (Å²) in [4.78, 5) is 2.67. The molecule has 96 valence electrons. The summed E-state index contributed by atoms with van der Waals surface area (Å²) in [7, 11) is 0. The maximum Gasteiger partial charge on any atom is 0.00338 e. The van der Waals surface area contributed by atoms with Crippen molar-refractivity contribution < 1.29 is 0 Å². The minimum absolute atomic E-state index is 0.637. The van der Waals surface area contributed by atoms with Crippen LogP contribution >= 0.6 is 15.9 Å². The van der Waals surface area contributed by atoms with Crippen molar-refractivity contribution in [3.63, 3.8) is 0 Å². The van der Waals surface area contributed by atoms with Crippen molar-refractivity contribution in [2.24, 2.45) is 11.3 Å². The van der Waals surface area contributed by atoms with Gasteiger partial charge in [-0.1, -0.05) is 43.1 Å². The molecule has 0 aromatic rings. The number of halogens is 1. The van der Waals surface area contributed by atoms with Crippen LogP contribution in [0.5, 0.6) is 0 Å². The quantitative estimate of drug-likeness (QED) is 0.659. The van der Waals surface area contributed by atoms with E-state index >= 15 is 0 Å². The molecule has 0 aromatic heterocycles. The summed E-state index contributed by atoms with van der Waals surface area (Å²) in [5, 5.41) is 1.15. The van der Waals surface area contributed by atoms with Crippen LogP contribution in [0.4, 0.5) is 0 Å². The van der Waals surface area contributed by atoms with Crippen molar-refractivity contribution in [2.75, 3.05) is 25.0 Å². The van der Waals surface area contributed by atoms with Gasteiger partial charge in [-0.3, -0.25) is 0 Å². The second-order valence-electron chi connectivity index (χ2n) is 5.88. The van der Waals surface area contributed by atoms with E-state index in [1.807, 2.05) is 0 Å². The van der Waals surface area contributed by atoms with Gasteiger partial charge in [-0.05, 0) is 56.7 Å². The van der Waals surface area contributed by atoms with E-state index in [2.05, 4.69) is 41.6 Å². The lowest BCUT2D eigenvalue weighted by atomic mass is 9.78. The van der Waals surface area contributed by atoms with Gasteiger partial charge in [0, 0.05) is 5.33 Å². The SMILES string of the molecule is CCC1(C)CCN(CCC(C)CCBr)CC1. The third kappa shape index (κ3) is 4.75. The van der Waals surface area contributed by atoms with Crippen LogP contribution in [0, 0.1) is 11.3 Å². The van der Waals surface area contributed by atoms with Crippen LogP contribution in [-0.4, -0.2) is 29.9 Å². The molecule has 1 atom stereocenters. The summed E-state index contributed by atoms with van der Waals surface area (Å²) in [6.45, 7) is 11.1. The number of likely N-dealkylation sites (tertiary alicyclic amines) is 1. The Balaban J connectivity index is 2.17. The maximum absolute atomic E-state index is 3.53. The van der Waals surface area contributed by atoms with E-state index in [0.717, 1.165) is 11.2 Å². The van der Waals surface area contributed by atoms with Crippen molar-refractivity contribution in [1.29, 1.82) is 0 Å². The summed E-state index contributed by atoms with van der Waals surface area (Å²) < 4.78 is 0. The van der Waals surface area contributed by atoms with Crippen LogP contribution in [0.2, 0.25) is 0 Å². The van der Waals surface area contributed by atoms with Crippen LogP contribution in [-0.2, 0) is 0 Å². The van der Waals surface area contributed by atoms with Crippen molar-refractivity contribution in [3.05, 3.63) is 0 Å². The average molecular weight is 290 g/mol. The molecular formula is C14H28BrN. The molecule has 2 heteroatoms. The molecular weight excluding hydrogens is 262 g/mol. The first-order chi connectivity index (χ1) is 7.59. The third-order valence-electron chi connectivity index (χ3n) is 4.46. The Bertz CT molecular complexity index is 185. The Hall–Kier alpha value is 0.440. The number of hydrogen-bond donors (Lipinski definition) is 0. The van der Waals surface area contributed by atoms with Gasteiger partial charge >= 0.3 is 0 Å². The number of piperidine rings is 1. The molecule has 1 unspecified atom stereocenters. The van der Waals surface area contributed by atoms with E-state index in [4.69, 9.17) is 0 Å². The zero-order chi connectivity index (χ0) is 12.0. The summed E-state index contributed by atoms with van der Waals surface area (Å²) in [6.07, 6.45) is 6.84. The summed E-state index contributed by atoms with van der Waals surface area (Å²) >= 11 is 3.53. The van der Waals surface area contributed by atoms with Gasteiger partial charge in [0.2, 0.25) is 0 Å². The van der Waals surface area contributed by atoms with Gasteiger partial charge in [0.15, 0.2) is 0 Å². The second-order valence-corrected chi connectivity index (χ2v) is 6.67. The smallest absolute Gasteiger partial charge is 0.00338 e. The van der Waals surface area contributed by atoms with Crippen molar-refractivity contribution in [2.45, 2.75) is 52.9 Å². The molecule has 1 nitrogen and oxygen atoms in total. The first-order valence-electron chi connectivity index (χ1n) is 6.88. The fourth-order valence-corrected chi connectivity index (χ4v) is 3.19. The molecule has 1 rings (SSSR count).